The van der Waals surface area contributed by atoms with Gasteiger partial charge < -0.3 is 34.3 Å². The van der Waals surface area contributed by atoms with Crippen molar-refractivity contribution in [3.63, 3.8) is 0 Å². The molecule has 44 heavy (non-hydrogen) atoms. The lowest BCUT2D eigenvalue weighted by Crippen LogP contribution is -2.57. The number of esters is 1. The summed E-state index contributed by atoms with van der Waals surface area (Å²) in [6.45, 7) is 12.7. The summed E-state index contributed by atoms with van der Waals surface area (Å²) in [6.07, 6.45) is 2.07. The molecule has 1 saturated heterocycles. The van der Waals surface area contributed by atoms with Crippen molar-refractivity contribution in [2.45, 2.75) is 155 Å². The van der Waals surface area contributed by atoms with Crippen molar-refractivity contribution in [2.24, 2.45) is 0 Å². The first kappa shape index (κ1) is 40.1. The molecule has 1 aliphatic rings. The zero-order chi connectivity index (χ0) is 33.0. The van der Waals surface area contributed by atoms with E-state index in [0.29, 0.717) is 26.2 Å². The number of alkyl halides is 2. The lowest BCUT2D eigenvalue weighted by Gasteiger charge is -2.43. The normalized spacial score (nSPS) is 21.8. The van der Waals surface area contributed by atoms with Gasteiger partial charge in [0, 0.05) is 39.1 Å². The Labute approximate surface area is 263 Å². The van der Waals surface area contributed by atoms with Gasteiger partial charge in [-0.1, -0.05) is 53.4 Å². The zero-order valence-corrected chi connectivity index (χ0v) is 27.8. The molecule has 0 bridgehead atoms. The minimum atomic E-state index is -3.35. The van der Waals surface area contributed by atoms with Crippen molar-refractivity contribution in [2.75, 3.05) is 33.0 Å². The first-order valence-electron chi connectivity index (χ1n) is 16.6. The summed E-state index contributed by atoms with van der Waals surface area (Å²) >= 11 is 0. The van der Waals surface area contributed by atoms with E-state index in [-0.39, 0.29) is 19.6 Å². The summed E-state index contributed by atoms with van der Waals surface area (Å²) in [7, 11) is 0. The fraction of sp³-hybridized carbons (Fsp3) is 0.906. The molecule has 1 aliphatic heterocycles. The van der Waals surface area contributed by atoms with Gasteiger partial charge in [0.15, 0.2) is 0 Å². The molecule has 2 N–H and O–H groups in total. The summed E-state index contributed by atoms with van der Waals surface area (Å²) in [4.78, 5) is 37.0. The van der Waals surface area contributed by atoms with Crippen LogP contribution in [0.5, 0.6) is 0 Å². The van der Waals surface area contributed by atoms with E-state index in [9.17, 15) is 14.4 Å². The first-order chi connectivity index (χ1) is 21.0. The largest absolute Gasteiger partial charge is 0.464 e. The van der Waals surface area contributed by atoms with E-state index in [1.165, 1.54) is 13.8 Å². The third-order valence-electron chi connectivity index (χ3n) is 7.46. The van der Waals surface area contributed by atoms with Crippen LogP contribution in [0.1, 0.15) is 112 Å². The minimum Gasteiger partial charge on any atom is -0.464 e. The second kappa shape index (κ2) is 22.6. The molecule has 0 aromatic carbocycles. The molecule has 0 aliphatic carbocycles. The van der Waals surface area contributed by atoms with Gasteiger partial charge in [-0.25, -0.2) is 13.6 Å². The average molecular weight is 637 g/mol. The molecule has 1 heterocycles. The van der Waals surface area contributed by atoms with Gasteiger partial charge in [0.25, 0.3) is 5.92 Å². The van der Waals surface area contributed by atoms with E-state index >= 15 is 8.78 Å². The number of carbonyl (C=O) groups is 3. The number of hydrogen-bond acceptors (Lipinski definition) is 8. The van der Waals surface area contributed by atoms with Crippen LogP contribution in [0.2, 0.25) is 0 Å². The molecule has 1 rings (SSSR count). The fourth-order valence-electron chi connectivity index (χ4n) is 4.56. The monoisotopic (exact) mass is 636 g/mol. The Bertz CT molecular complexity index is 819. The van der Waals surface area contributed by atoms with Gasteiger partial charge >= 0.3 is 5.97 Å². The van der Waals surface area contributed by atoms with E-state index in [4.69, 9.17) is 23.7 Å². The number of nitrogens with one attached hydrogen (secondary N) is 2. The van der Waals surface area contributed by atoms with E-state index < -0.39 is 73.0 Å². The topological polar surface area (TPSA) is 121 Å². The average Bonchev–Trinajstić information content (AvgIpc) is 2.99. The lowest BCUT2D eigenvalue weighted by molar-refractivity contribution is -0.259. The SMILES string of the molecule is CCCCOC[C@H]1O[C@H](C(F)(F)CCC(=O)N[C@@H](C)C(=O)N[C@@H](C)C(=O)OCCCC)C[C@@H](OCCCC)[C@H]1OCCCC. The van der Waals surface area contributed by atoms with Crippen molar-refractivity contribution >= 4 is 17.8 Å². The molecule has 0 saturated carbocycles. The van der Waals surface area contributed by atoms with Crippen molar-refractivity contribution in [1.29, 1.82) is 0 Å². The van der Waals surface area contributed by atoms with Crippen LogP contribution in [-0.2, 0) is 38.1 Å². The van der Waals surface area contributed by atoms with E-state index in [1.54, 1.807) is 0 Å². The van der Waals surface area contributed by atoms with Gasteiger partial charge in [0.2, 0.25) is 11.8 Å². The third kappa shape index (κ3) is 15.4. The number of carbonyl (C=O) groups excluding carboxylic acids is 3. The smallest absolute Gasteiger partial charge is 0.328 e. The highest BCUT2D eigenvalue weighted by Gasteiger charge is 2.50. The van der Waals surface area contributed by atoms with Gasteiger partial charge in [0.05, 0.1) is 19.3 Å². The Morgan fingerprint density at radius 1 is 0.841 bits per heavy atom. The predicted octanol–water partition coefficient (Wildman–Crippen LogP) is 5.10. The molecule has 2 amide bonds. The maximum absolute atomic E-state index is 15.6. The molecular weight excluding hydrogens is 578 g/mol. The molecule has 0 aromatic heterocycles. The molecule has 6 atom stereocenters. The molecule has 0 aromatic rings. The first-order valence-corrected chi connectivity index (χ1v) is 16.6. The maximum atomic E-state index is 15.6. The Morgan fingerprint density at radius 2 is 1.43 bits per heavy atom. The second-order valence-corrected chi connectivity index (χ2v) is 11.6. The highest BCUT2D eigenvalue weighted by atomic mass is 19.3. The van der Waals surface area contributed by atoms with Crippen LogP contribution in [0.15, 0.2) is 0 Å². The summed E-state index contributed by atoms with van der Waals surface area (Å²) in [5.41, 5.74) is 0. The fourth-order valence-corrected chi connectivity index (χ4v) is 4.56. The minimum absolute atomic E-state index is 0.0777. The van der Waals surface area contributed by atoms with Gasteiger partial charge in [-0.3, -0.25) is 9.59 Å². The van der Waals surface area contributed by atoms with Gasteiger partial charge in [-0.05, 0) is 39.5 Å². The van der Waals surface area contributed by atoms with Crippen LogP contribution >= 0.6 is 0 Å². The number of amides is 2. The number of ether oxygens (including phenoxy) is 5. The Hall–Kier alpha value is -1.89. The molecule has 258 valence electrons. The second-order valence-electron chi connectivity index (χ2n) is 11.6. The van der Waals surface area contributed by atoms with Crippen LogP contribution in [0.25, 0.3) is 0 Å². The number of halogens is 2. The Balaban J connectivity index is 2.82. The predicted molar refractivity (Wildman–Crippen MR) is 164 cm³/mol. The van der Waals surface area contributed by atoms with E-state index in [1.807, 2.05) is 27.7 Å². The van der Waals surface area contributed by atoms with Gasteiger partial charge in [0.1, 0.15) is 30.4 Å². The maximum Gasteiger partial charge on any atom is 0.328 e. The van der Waals surface area contributed by atoms with E-state index in [0.717, 1.165) is 44.9 Å². The van der Waals surface area contributed by atoms with Crippen LogP contribution in [0, 0.1) is 0 Å². The quantitative estimate of drug-likeness (QED) is 0.111. The van der Waals surface area contributed by atoms with Crippen molar-refractivity contribution in [1.82, 2.24) is 10.6 Å². The standard InChI is InChI=1S/C32H58F2N2O8/c1-7-11-17-40-22-26-29(42-19-13-9-3)25(41-18-12-8-2)21-27(44-26)32(33,34)16-15-28(37)35-23(5)30(38)36-24(6)31(39)43-20-14-10-4/h23-27,29H,7-22H2,1-6H3,(H,35,37)(H,36,38)/t23-,24-,25+,26+,27-,29+/m0/s1. The summed E-state index contributed by atoms with van der Waals surface area (Å²) in [5, 5.41) is 4.92. The third-order valence-corrected chi connectivity index (χ3v) is 7.46. The zero-order valence-electron chi connectivity index (χ0n) is 27.8. The molecule has 1 fully saturated rings. The van der Waals surface area contributed by atoms with E-state index in [2.05, 4.69) is 10.6 Å². The molecular formula is C32H58F2N2O8. The Morgan fingerprint density at radius 3 is 2.07 bits per heavy atom. The summed E-state index contributed by atoms with van der Waals surface area (Å²) in [5.74, 6) is -5.26. The van der Waals surface area contributed by atoms with Crippen LogP contribution in [0.3, 0.4) is 0 Å². The number of rotatable bonds is 24. The van der Waals surface area contributed by atoms with Crippen LogP contribution in [0.4, 0.5) is 8.78 Å². The summed E-state index contributed by atoms with van der Waals surface area (Å²) < 4.78 is 60.2. The summed E-state index contributed by atoms with van der Waals surface area (Å²) in [6, 6.07) is -1.94. The number of hydrogen-bond donors (Lipinski definition) is 2. The highest BCUT2D eigenvalue weighted by molar-refractivity contribution is 5.90. The molecule has 0 unspecified atom stereocenters. The molecule has 0 spiro atoms. The van der Waals surface area contributed by atoms with Gasteiger partial charge in [-0.2, -0.15) is 0 Å². The lowest BCUT2D eigenvalue weighted by atomic mass is 9.92. The van der Waals surface area contributed by atoms with Gasteiger partial charge in [-0.15, -0.1) is 0 Å². The molecule has 12 heteroatoms. The van der Waals surface area contributed by atoms with Crippen LogP contribution in [-0.4, -0.2) is 93.2 Å². The molecule has 0 radical (unpaired) electrons. The van der Waals surface area contributed by atoms with Crippen molar-refractivity contribution in [3.8, 4) is 0 Å². The van der Waals surface area contributed by atoms with Crippen molar-refractivity contribution in [3.05, 3.63) is 0 Å². The Kier molecular flexibility index (Phi) is 20.6. The van der Waals surface area contributed by atoms with Crippen molar-refractivity contribution < 1.29 is 46.8 Å². The number of unbranched alkanes of at least 4 members (excludes halogenated alkanes) is 4. The van der Waals surface area contributed by atoms with Crippen LogP contribution < -0.4 is 10.6 Å². The molecule has 10 nitrogen and oxygen atoms in total. The highest BCUT2D eigenvalue weighted by Crippen LogP contribution is 2.37.